The minimum atomic E-state index is -0.517. The van der Waals surface area contributed by atoms with E-state index in [1.54, 1.807) is 6.07 Å². The third-order valence-electron chi connectivity index (χ3n) is 2.66. The molecule has 2 rings (SSSR count). The van der Waals surface area contributed by atoms with E-state index in [9.17, 15) is 9.18 Å². The standard InChI is InChI=1S/C11H10ClFO/c1-11(2)5-6-3-4-7(13)9(12)8(6)10(11)14/h3-4H,5H2,1-2H3. The lowest BCUT2D eigenvalue weighted by Gasteiger charge is -2.13. The molecule has 74 valence electrons. The molecule has 0 radical (unpaired) electrons. The number of ketones is 1. The Morgan fingerprint density at radius 3 is 2.71 bits per heavy atom. The highest BCUT2D eigenvalue weighted by atomic mass is 35.5. The first-order valence-corrected chi connectivity index (χ1v) is 4.83. The zero-order valence-corrected chi connectivity index (χ0v) is 8.78. The highest BCUT2D eigenvalue weighted by Gasteiger charge is 2.39. The molecule has 1 aromatic rings. The summed E-state index contributed by atoms with van der Waals surface area (Å²) in [4.78, 5) is 11.8. The zero-order chi connectivity index (χ0) is 10.5. The van der Waals surface area contributed by atoms with Crippen LogP contribution in [0.15, 0.2) is 12.1 Å². The molecule has 14 heavy (non-hydrogen) atoms. The van der Waals surface area contributed by atoms with Crippen molar-refractivity contribution in [3.05, 3.63) is 34.1 Å². The molecule has 0 bridgehead atoms. The Morgan fingerprint density at radius 2 is 2.07 bits per heavy atom. The first-order chi connectivity index (χ1) is 6.43. The Bertz CT molecular complexity index is 424. The number of carbonyl (C=O) groups excluding carboxylic acids is 1. The SMILES string of the molecule is CC1(C)Cc2ccc(F)c(Cl)c2C1=O. The monoisotopic (exact) mass is 212 g/mol. The van der Waals surface area contributed by atoms with Gasteiger partial charge in [-0.3, -0.25) is 4.79 Å². The third-order valence-corrected chi connectivity index (χ3v) is 3.02. The molecule has 0 heterocycles. The van der Waals surface area contributed by atoms with Gasteiger partial charge in [0.15, 0.2) is 5.78 Å². The predicted molar refractivity (Wildman–Crippen MR) is 53.2 cm³/mol. The number of Topliss-reactive ketones (excluding diaryl/α,β-unsaturated/α-hetero) is 1. The fourth-order valence-electron chi connectivity index (χ4n) is 1.88. The van der Waals surface area contributed by atoms with Crippen LogP contribution >= 0.6 is 11.6 Å². The summed E-state index contributed by atoms with van der Waals surface area (Å²) in [5, 5.41) is -0.0296. The van der Waals surface area contributed by atoms with Crippen LogP contribution in [0.25, 0.3) is 0 Å². The first kappa shape index (κ1) is 9.66. The van der Waals surface area contributed by atoms with E-state index >= 15 is 0 Å². The number of benzene rings is 1. The lowest BCUT2D eigenvalue weighted by molar-refractivity contribution is 0.0863. The maximum atomic E-state index is 13.1. The van der Waals surface area contributed by atoms with E-state index in [-0.39, 0.29) is 10.8 Å². The molecule has 1 aromatic carbocycles. The maximum Gasteiger partial charge on any atom is 0.170 e. The van der Waals surface area contributed by atoms with Crippen molar-refractivity contribution in [2.45, 2.75) is 20.3 Å². The molecule has 0 fully saturated rings. The molecule has 1 nitrogen and oxygen atoms in total. The largest absolute Gasteiger partial charge is 0.293 e. The van der Waals surface area contributed by atoms with E-state index in [4.69, 9.17) is 11.6 Å². The number of hydrogen-bond donors (Lipinski definition) is 0. The molecule has 1 aliphatic carbocycles. The molecule has 0 unspecified atom stereocenters. The molecule has 0 aromatic heterocycles. The number of halogens is 2. The van der Waals surface area contributed by atoms with Gasteiger partial charge < -0.3 is 0 Å². The highest BCUT2D eigenvalue weighted by molar-refractivity contribution is 6.35. The van der Waals surface area contributed by atoms with Crippen LogP contribution < -0.4 is 0 Å². The summed E-state index contributed by atoms with van der Waals surface area (Å²) in [6.45, 7) is 3.70. The van der Waals surface area contributed by atoms with E-state index in [0.29, 0.717) is 12.0 Å². The van der Waals surface area contributed by atoms with Gasteiger partial charge in [0.2, 0.25) is 0 Å². The minimum absolute atomic E-state index is 0.0296. The molecular weight excluding hydrogens is 203 g/mol. The fourth-order valence-corrected chi connectivity index (χ4v) is 2.15. The predicted octanol–water partition coefficient (Wildman–Crippen LogP) is 3.24. The summed E-state index contributed by atoms with van der Waals surface area (Å²) in [7, 11) is 0. The summed E-state index contributed by atoms with van der Waals surface area (Å²) in [6.07, 6.45) is 0.640. The number of hydrogen-bond acceptors (Lipinski definition) is 1. The van der Waals surface area contributed by atoms with E-state index in [1.807, 2.05) is 13.8 Å². The Labute approximate surface area is 86.9 Å². The van der Waals surface area contributed by atoms with Crippen molar-refractivity contribution in [1.82, 2.24) is 0 Å². The second-order valence-electron chi connectivity index (χ2n) is 4.29. The molecule has 0 amide bonds. The molecule has 0 saturated heterocycles. The average Bonchev–Trinajstić information content (AvgIpc) is 2.32. The topological polar surface area (TPSA) is 17.1 Å². The van der Waals surface area contributed by atoms with Crippen LogP contribution in [0, 0.1) is 11.2 Å². The van der Waals surface area contributed by atoms with Crippen LogP contribution in [0.4, 0.5) is 4.39 Å². The molecule has 3 heteroatoms. The molecular formula is C11H10ClFO. The van der Waals surface area contributed by atoms with Gasteiger partial charge in [0.25, 0.3) is 0 Å². The molecule has 0 spiro atoms. The van der Waals surface area contributed by atoms with Gasteiger partial charge in [-0.05, 0) is 18.1 Å². The Balaban J connectivity index is 2.67. The van der Waals surface area contributed by atoms with Gasteiger partial charge in [0.1, 0.15) is 5.82 Å². The van der Waals surface area contributed by atoms with Gasteiger partial charge in [-0.15, -0.1) is 0 Å². The van der Waals surface area contributed by atoms with Crippen molar-refractivity contribution in [3.63, 3.8) is 0 Å². The zero-order valence-electron chi connectivity index (χ0n) is 8.03. The smallest absolute Gasteiger partial charge is 0.170 e. The van der Waals surface area contributed by atoms with Gasteiger partial charge in [-0.2, -0.15) is 0 Å². The highest BCUT2D eigenvalue weighted by Crippen LogP contribution is 2.40. The van der Waals surface area contributed by atoms with Gasteiger partial charge >= 0.3 is 0 Å². The van der Waals surface area contributed by atoms with Gasteiger partial charge in [-0.1, -0.05) is 31.5 Å². The average molecular weight is 213 g/mol. The van der Waals surface area contributed by atoms with Crippen molar-refractivity contribution in [3.8, 4) is 0 Å². The van der Waals surface area contributed by atoms with Crippen LogP contribution in [0.3, 0.4) is 0 Å². The van der Waals surface area contributed by atoms with Crippen LogP contribution in [0.5, 0.6) is 0 Å². The van der Waals surface area contributed by atoms with Crippen LogP contribution in [-0.4, -0.2) is 5.78 Å². The Hall–Kier alpha value is -0.890. The minimum Gasteiger partial charge on any atom is -0.293 e. The van der Waals surface area contributed by atoms with E-state index in [2.05, 4.69) is 0 Å². The quantitative estimate of drug-likeness (QED) is 0.645. The van der Waals surface area contributed by atoms with E-state index in [0.717, 1.165) is 5.56 Å². The van der Waals surface area contributed by atoms with Crippen LogP contribution in [0.1, 0.15) is 29.8 Å². The summed E-state index contributed by atoms with van der Waals surface area (Å²) in [5.41, 5.74) is 0.780. The number of rotatable bonds is 0. The lowest BCUT2D eigenvalue weighted by atomic mass is 9.89. The molecule has 0 atom stereocenters. The lowest BCUT2D eigenvalue weighted by Crippen LogP contribution is -2.19. The van der Waals surface area contributed by atoms with E-state index in [1.165, 1.54) is 6.07 Å². The van der Waals surface area contributed by atoms with Crippen molar-refractivity contribution in [1.29, 1.82) is 0 Å². The molecule has 0 N–H and O–H groups in total. The fraction of sp³-hybridized carbons (Fsp3) is 0.364. The second-order valence-corrected chi connectivity index (χ2v) is 4.66. The van der Waals surface area contributed by atoms with Crippen molar-refractivity contribution in [2.24, 2.45) is 5.41 Å². The summed E-state index contributed by atoms with van der Waals surface area (Å²) in [5.74, 6) is -0.575. The third kappa shape index (κ3) is 1.17. The Kier molecular flexibility index (Phi) is 1.93. The van der Waals surface area contributed by atoms with Crippen LogP contribution in [0.2, 0.25) is 5.02 Å². The summed E-state index contributed by atoms with van der Waals surface area (Å²) < 4.78 is 13.1. The Morgan fingerprint density at radius 1 is 1.43 bits per heavy atom. The van der Waals surface area contributed by atoms with Gasteiger partial charge in [0, 0.05) is 11.0 Å². The first-order valence-electron chi connectivity index (χ1n) is 4.45. The van der Waals surface area contributed by atoms with Crippen molar-refractivity contribution < 1.29 is 9.18 Å². The molecule has 0 saturated carbocycles. The number of carbonyl (C=O) groups is 1. The van der Waals surface area contributed by atoms with Gasteiger partial charge in [-0.25, -0.2) is 4.39 Å². The number of fused-ring (bicyclic) bond motifs is 1. The van der Waals surface area contributed by atoms with Gasteiger partial charge in [0.05, 0.1) is 5.02 Å². The summed E-state index contributed by atoms with van der Waals surface area (Å²) in [6, 6.07) is 2.96. The molecule has 1 aliphatic rings. The summed E-state index contributed by atoms with van der Waals surface area (Å²) >= 11 is 5.76. The molecule has 0 aliphatic heterocycles. The van der Waals surface area contributed by atoms with Crippen LogP contribution in [-0.2, 0) is 6.42 Å². The van der Waals surface area contributed by atoms with Crippen molar-refractivity contribution in [2.75, 3.05) is 0 Å². The van der Waals surface area contributed by atoms with E-state index < -0.39 is 11.2 Å². The van der Waals surface area contributed by atoms with Crippen molar-refractivity contribution >= 4 is 17.4 Å². The normalized spacial score (nSPS) is 18.4. The second kappa shape index (κ2) is 2.80. The maximum absolute atomic E-state index is 13.1.